The van der Waals surface area contributed by atoms with Gasteiger partial charge in [0, 0.05) is 18.8 Å². The average Bonchev–Trinajstić information content (AvgIpc) is 2.49. The Hall–Kier alpha value is -1.19. The Morgan fingerprint density at radius 1 is 1.50 bits per heavy atom. The van der Waals surface area contributed by atoms with Gasteiger partial charge in [0.1, 0.15) is 5.78 Å². The number of hydrogen-bond acceptors (Lipinski definition) is 4. The summed E-state index contributed by atoms with van der Waals surface area (Å²) >= 11 is 0. The molecular formula is C8H10O4. The van der Waals surface area contributed by atoms with Gasteiger partial charge in [0.25, 0.3) is 0 Å². The molecule has 0 N–H and O–H groups in total. The molecule has 66 valence electrons. The van der Waals surface area contributed by atoms with Crippen LogP contribution < -0.4 is 0 Å². The summed E-state index contributed by atoms with van der Waals surface area (Å²) in [5.74, 6) is -1.78. The molecule has 12 heavy (non-hydrogen) atoms. The third-order valence-electron chi connectivity index (χ3n) is 2.00. The van der Waals surface area contributed by atoms with Crippen molar-refractivity contribution in [1.29, 1.82) is 0 Å². The van der Waals surface area contributed by atoms with Gasteiger partial charge in [-0.15, -0.1) is 0 Å². The number of esters is 1. The molecule has 1 saturated carbocycles. The van der Waals surface area contributed by atoms with Crippen LogP contribution in [0.2, 0.25) is 0 Å². The van der Waals surface area contributed by atoms with Crippen LogP contribution in [0.15, 0.2) is 0 Å². The first-order valence-corrected chi connectivity index (χ1v) is 3.79. The van der Waals surface area contributed by atoms with E-state index in [0.29, 0.717) is 12.8 Å². The minimum absolute atomic E-state index is 0.0530. The number of hydrogen-bond donors (Lipinski definition) is 0. The molecule has 0 aliphatic heterocycles. The lowest BCUT2D eigenvalue weighted by atomic mass is 10.0. The highest BCUT2D eigenvalue weighted by Gasteiger charge is 2.32. The lowest BCUT2D eigenvalue weighted by Gasteiger charge is -2.02. The topological polar surface area (TPSA) is 60.4 Å². The van der Waals surface area contributed by atoms with Crippen LogP contribution in [0.25, 0.3) is 0 Å². The largest absolute Gasteiger partial charge is 0.463 e. The maximum Gasteiger partial charge on any atom is 0.374 e. The summed E-state index contributed by atoms with van der Waals surface area (Å²) in [7, 11) is 1.16. The number of carbonyl (C=O) groups is 3. The average molecular weight is 170 g/mol. The summed E-state index contributed by atoms with van der Waals surface area (Å²) in [6.45, 7) is 0. The fourth-order valence-corrected chi connectivity index (χ4v) is 1.31. The van der Waals surface area contributed by atoms with Crippen LogP contribution >= 0.6 is 0 Å². The maximum atomic E-state index is 11.1. The maximum absolute atomic E-state index is 11.1. The van der Waals surface area contributed by atoms with Crippen molar-refractivity contribution >= 4 is 17.5 Å². The molecule has 0 spiro atoms. The lowest BCUT2D eigenvalue weighted by molar-refractivity contribution is -0.153. The molecule has 0 heterocycles. The number of rotatable bonds is 2. The molecule has 4 nitrogen and oxygen atoms in total. The Kier molecular flexibility index (Phi) is 2.58. The minimum atomic E-state index is -0.838. The molecular weight excluding hydrogens is 160 g/mol. The highest BCUT2D eigenvalue weighted by Crippen LogP contribution is 2.22. The summed E-state index contributed by atoms with van der Waals surface area (Å²) in [6, 6.07) is 0. The Labute approximate surface area is 69.9 Å². The highest BCUT2D eigenvalue weighted by atomic mass is 16.5. The van der Waals surface area contributed by atoms with Gasteiger partial charge in [0.05, 0.1) is 7.11 Å². The Morgan fingerprint density at radius 2 is 2.17 bits per heavy atom. The van der Waals surface area contributed by atoms with Crippen molar-refractivity contribution in [3.63, 3.8) is 0 Å². The first kappa shape index (κ1) is 8.90. The fraction of sp³-hybridized carbons (Fsp3) is 0.625. The molecule has 0 aromatic carbocycles. The van der Waals surface area contributed by atoms with E-state index in [1.807, 2.05) is 0 Å². The van der Waals surface area contributed by atoms with E-state index in [2.05, 4.69) is 4.74 Å². The number of Topliss-reactive ketones (excluding diaryl/α,β-unsaturated/α-hetero) is 2. The van der Waals surface area contributed by atoms with E-state index in [-0.39, 0.29) is 12.2 Å². The van der Waals surface area contributed by atoms with Crippen molar-refractivity contribution < 1.29 is 19.1 Å². The first-order valence-electron chi connectivity index (χ1n) is 3.79. The van der Waals surface area contributed by atoms with Gasteiger partial charge >= 0.3 is 5.97 Å². The zero-order chi connectivity index (χ0) is 9.14. The Bertz CT molecular complexity index is 231. The van der Waals surface area contributed by atoms with Gasteiger partial charge < -0.3 is 4.74 Å². The second-order valence-electron chi connectivity index (χ2n) is 2.83. The van der Waals surface area contributed by atoms with Crippen molar-refractivity contribution in [2.45, 2.75) is 19.3 Å². The molecule has 4 heteroatoms. The van der Waals surface area contributed by atoms with Crippen LogP contribution in [0, 0.1) is 5.92 Å². The Balaban J connectivity index is 2.54. The highest BCUT2D eigenvalue weighted by molar-refractivity contribution is 6.35. The van der Waals surface area contributed by atoms with Crippen LogP contribution in [0.1, 0.15) is 19.3 Å². The SMILES string of the molecule is COC(=O)C(=O)C1CCC(=O)C1. The van der Waals surface area contributed by atoms with Gasteiger partial charge in [0.15, 0.2) is 0 Å². The van der Waals surface area contributed by atoms with Gasteiger partial charge in [-0.3, -0.25) is 9.59 Å². The van der Waals surface area contributed by atoms with Crippen LogP contribution in [-0.4, -0.2) is 24.6 Å². The molecule has 1 fully saturated rings. The van der Waals surface area contributed by atoms with Crippen molar-refractivity contribution in [3.05, 3.63) is 0 Å². The minimum Gasteiger partial charge on any atom is -0.463 e. The van der Waals surface area contributed by atoms with Crippen LogP contribution in [0.3, 0.4) is 0 Å². The normalized spacial score (nSPS) is 22.4. The summed E-state index contributed by atoms with van der Waals surface area (Å²) in [6.07, 6.45) is 1.11. The third-order valence-corrected chi connectivity index (χ3v) is 2.00. The molecule has 1 atom stereocenters. The third kappa shape index (κ3) is 1.69. The van der Waals surface area contributed by atoms with E-state index in [0.717, 1.165) is 7.11 Å². The predicted octanol–water partition coefficient (Wildman–Crippen LogP) is 0.0977. The number of methoxy groups -OCH3 is 1. The summed E-state index contributed by atoms with van der Waals surface area (Å²) in [4.78, 5) is 32.6. The Morgan fingerprint density at radius 3 is 2.58 bits per heavy atom. The molecule has 1 aliphatic rings. The number of ether oxygens (including phenoxy) is 1. The summed E-state index contributed by atoms with van der Waals surface area (Å²) < 4.78 is 4.26. The van der Waals surface area contributed by atoms with E-state index in [4.69, 9.17) is 0 Å². The smallest absolute Gasteiger partial charge is 0.374 e. The summed E-state index contributed by atoms with van der Waals surface area (Å²) in [5, 5.41) is 0. The number of carbonyl (C=O) groups excluding carboxylic acids is 3. The molecule has 0 amide bonds. The van der Waals surface area contributed by atoms with E-state index in [1.54, 1.807) is 0 Å². The molecule has 1 rings (SSSR count). The quantitative estimate of drug-likeness (QED) is 0.435. The second-order valence-corrected chi connectivity index (χ2v) is 2.83. The molecule has 1 aliphatic carbocycles. The van der Waals surface area contributed by atoms with Crippen molar-refractivity contribution in [3.8, 4) is 0 Å². The zero-order valence-corrected chi connectivity index (χ0v) is 6.83. The van der Waals surface area contributed by atoms with Crippen LogP contribution in [0.5, 0.6) is 0 Å². The molecule has 0 saturated heterocycles. The van der Waals surface area contributed by atoms with E-state index in [1.165, 1.54) is 0 Å². The van der Waals surface area contributed by atoms with Gasteiger partial charge in [-0.25, -0.2) is 4.79 Å². The number of ketones is 2. The molecule has 0 radical (unpaired) electrons. The van der Waals surface area contributed by atoms with E-state index < -0.39 is 17.7 Å². The van der Waals surface area contributed by atoms with Gasteiger partial charge in [0.2, 0.25) is 5.78 Å². The second kappa shape index (κ2) is 3.47. The van der Waals surface area contributed by atoms with Gasteiger partial charge in [-0.2, -0.15) is 0 Å². The summed E-state index contributed by atoms with van der Waals surface area (Å²) in [5.41, 5.74) is 0. The fourth-order valence-electron chi connectivity index (χ4n) is 1.31. The van der Waals surface area contributed by atoms with Crippen molar-refractivity contribution in [2.24, 2.45) is 5.92 Å². The van der Waals surface area contributed by atoms with E-state index in [9.17, 15) is 14.4 Å². The first-order chi connectivity index (χ1) is 5.65. The standard InChI is InChI=1S/C8H10O4/c1-12-8(11)7(10)5-2-3-6(9)4-5/h5H,2-4H2,1H3. The van der Waals surface area contributed by atoms with Crippen molar-refractivity contribution in [2.75, 3.05) is 7.11 Å². The molecule has 1 unspecified atom stereocenters. The predicted molar refractivity (Wildman–Crippen MR) is 39.4 cm³/mol. The van der Waals surface area contributed by atoms with Gasteiger partial charge in [-0.1, -0.05) is 0 Å². The van der Waals surface area contributed by atoms with Crippen molar-refractivity contribution in [1.82, 2.24) is 0 Å². The molecule has 0 aromatic rings. The molecule has 0 aromatic heterocycles. The van der Waals surface area contributed by atoms with Crippen LogP contribution in [-0.2, 0) is 19.1 Å². The molecule has 0 bridgehead atoms. The monoisotopic (exact) mass is 170 g/mol. The van der Waals surface area contributed by atoms with E-state index >= 15 is 0 Å². The zero-order valence-electron chi connectivity index (χ0n) is 6.83. The van der Waals surface area contributed by atoms with Crippen LogP contribution in [0.4, 0.5) is 0 Å². The lowest BCUT2D eigenvalue weighted by Crippen LogP contribution is -2.23. The van der Waals surface area contributed by atoms with Gasteiger partial charge in [-0.05, 0) is 6.42 Å².